The SMILES string of the molecule is Cc1ccc(NCCCC(N)=NO)c(Br)c1. The number of halogens is 1. The van der Waals surface area contributed by atoms with Gasteiger partial charge in [-0.2, -0.15) is 0 Å². The van der Waals surface area contributed by atoms with Crippen molar-refractivity contribution in [2.24, 2.45) is 10.9 Å². The van der Waals surface area contributed by atoms with Crippen LogP contribution in [0.2, 0.25) is 0 Å². The molecule has 0 amide bonds. The number of nitrogens with one attached hydrogen (secondary N) is 1. The molecule has 4 N–H and O–H groups in total. The van der Waals surface area contributed by atoms with Gasteiger partial charge in [-0.15, -0.1) is 0 Å². The van der Waals surface area contributed by atoms with Gasteiger partial charge < -0.3 is 16.3 Å². The van der Waals surface area contributed by atoms with Crippen LogP contribution >= 0.6 is 15.9 Å². The first-order valence-corrected chi connectivity index (χ1v) is 5.89. The molecule has 16 heavy (non-hydrogen) atoms. The fourth-order valence-electron chi connectivity index (χ4n) is 1.31. The van der Waals surface area contributed by atoms with Crippen molar-refractivity contribution in [3.8, 4) is 0 Å². The summed E-state index contributed by atoms with van der Waals surface area (Å²) in [5.41, 5.74) is 7.64. The Hall–Kier alpha value is -1.23. The van der Waals surface area contributed by atoms with E-state index in [9.17, 15) is 0 Å². The van der Waals surface area contributed by atoms with Crippen LogP contribution in [0.1, 0.15) is 18.4 Å². The molecule has 0 fully saturated rings. The van der Waals surface area contributed by atoms with Gasteiger partial charge in [0, 0.05) is 23.1 Å². The van der Waals surface area contributed by atoms with E-state index in [4.69, 9.17) is 10.9 Å². The number of hydrogen-bond donors (Lipinski definition) is 3. The lowest BCUT2D eigenvalue weighted by molar-refractivity contribution is 0.316. The lowest BCUT2D eigenvalue weighted by Gasteiger charge is -2.08. The lowest BCUT2D eigenvalue weighted by atomic mass is 10.2. The molecule has 4 nitrogen and oxygen atoms in total. The molecule has 0 unspecified atom stereocenters. The monoisotopic (exact) mass is 285 g/mol. The average Bonchev–Trinajstić information content (AvgIpc) is 2.26. The third-order valence-electron chi connectivity index (χ3n) is 2.18. The Bertz CT molecular complexity index is 379. The van der Waals surface area contributed by atoms with Crippen LogP contribution in [0.25, 0.3) is 0 Å². The van der Waals surface area contributed by atoms with Crippen molar-refractivity contribution in [1.82, 2.24) is 0 Å². The molecule has 0 aliphatic heterocycles. The van der Waals surface area contributed by atoms with Crippen LogP contribution < -0.4 is 11.1 Å². The smallest absolute Gasteiger partial charge is 0.139 e. The summed E-state index contributed by atoms with van der Waals surface area (Å²) in [6.45, 7) is 2.84. The molecule has 0 aliphatic rings. The summed E-state index contributed by atoms with van der Waals surface area (Å²) in [4.78, 5) is 0. The Labute approximate surface area is 104 Å². The van der Waals surface area contributed by atoms with Crippen LogP contribution in [0.3, 0.4) is 0 Å². The molecule has 0 spiro atoms. The second-order valence-corrected chi connectivity index (χ2v) is 4.46. The number of nitrogens with two attached hydrogens (primary N) is 1. The van der Waals surface area contributed by atoms with E-state index in [1.165, 1.54) is 5.56 Å². The predicted octanol–water partition coefficient (Wildman–Crippen LogP) is 2.70. The van der Waals surface area contributed by atoms with Crippen molar-refractivity contribution in [3.63, 3.8) is 0 Å². The molecule has 0 saturated carbocycles. The fraction of sp³-hybridized carbons (Fsp3) is 0.364. The third-order valence-corrected chi connectivity index (χ3v) is 2.83. The largest absolute Gasteiger partial charge is 0.409 e. The van der Waals surface area contributed by atoms with Crippen molar-refractivity contribution in [3.05, 3.63) is 28.2 Å². The maximum absolute atomic E-state index is 8.36. The Morgan fingerprint density at radius 3 is 2.94 bits per heavy atom. The Morgan fingerprint density at radius 1 is 1.56 bits per heavy atom. The van der Waals surface area contributed by atoms with Crippen LogP contribution in [0.5, 0.6) is 0 Å². The van der Waals surface area contributed by atoms with Crippen molar-refractivity contribution in [2.75, 3.05) is 11.9 Å². The summed E-state index contributed by atoms with van der Waals surface area (Å²) in [5.74, 6) is 0.268. The first kappa shape index (κ1) is 12.8. The zero-order chi connectivity index (χ0) is 12.0. The molecule has 1 aromatic rings. The quantitative estimate of drug-likeness (QED) is 0.256. The van der Waals surface area contributed by atoms with E-state index in [0.717, 1.165) is 23.1 Å². The number of anilines is 1. The van der Waals surface area contributed by atoms with Gasteiger partial charge in [0.1, 0.15) is 5.84 Å². The summed E-state index contributed by atoms with van der Waals surface area (Å²) >= 11 is 3.49. The molecule has 0 aromatic heterocycles. The minimum atomic E-state index is 0.268. The van der Waals surface area contributed by atoms with Crippen molar-refractivity contribution < 1.29 is 5.21 Å². The second-order valence-electron chi connectivity index (χ2n) is 3.60. The first-order valence-electron chi connectivity index (χ1n) is 5.10. The van der Waals surface area contributed by atoms with Crippen molar-refractivity contribution >= 4 is 27.5 Å². The highest BCUT2D eigenvalue weighted by atomic mass is 79.9. The maximum Gasteiger partial charge on any atom is 0.139 e. The van der Waals surface area contributed by atoms with E-state index >= 15 is 0 Å². The van der Waals surface area contributed by atoms with Gasteiger partial charge in [0.2, 0.25) is 0 Å². The fourth-order valence-corrected chi connectivity index (χ4v) is 1.94. The minimum absolute atomic E-state index is 0.268. The van der Waals surface area contributed by atoms with E-state index in [2.05, 4.69) is 38.5 Å². The number of rotatable bonds is 5. The number of amidine groups is 1. The van der Waals surface area contributed by atoms with Crippen LogP contribution in [0.15, 0.2) is 27.8 Å². The summed E-state index contributed by atoms with van der Waals surface area (Å²) in [7, 11) is 0. The lowest BCUT2D eigenvalue weighted by Crippen LogP contribution is -2.13. The number of hydrogen-bond acceptors (Lipinski definition) is 3. The molecule has 5 heteroatoms. The van der Waals surface area contributed by atoms with E-state index in [1.54, 1.807) is 0 Å². The number of nitrogens with zero attached hydrogens (tertiary/aromatic N) is 1. The molecule has 1 rings (SSSR count). The highest BCUT2D eigenvalue weighted by Crippen LogP contribution is 2.23. The van der Waals surface area contributed by atoms with Crippen LogP contribution in [-0.2, 0) is 0 Å². The van der Waals surface area contributed by atoms with Gasteiger partial charge in [-0.05, 0) is 47.0 Å². The molecule has 0 aliphatic carbocycles. The number of oxime groups is 1. The van der Waals surface area contributed by atoms with Gasteiger partial charge in [-0.25, -0.2) is 0 Å². The third kappa shape index (κ3) is 4.10. The molecule has 0 bridgehead atoms. The molecule has 0 atom stereocenters. The zero-order valence-electron chi connectivity index (χ0n) is 9.20. The Morgan fingerprint density at radius 2 is 2.31 bits per heavy atom. The molecule has 1 aromatic carbocycles. The maximum atomic E-state index is 8.36. The number of benzene rings is 1. The van der Waals surface area contributed by atoms with Crippen molar-refractivity contribution in [1.29, 1.82) is 0 Å². The molecular formula is C11H16BrN3O. The van der Waals surface area contributed by atoms with Crippen LogP contribution in [-0.4, -0.2) is 17.6 Å². The van der Waals surface area contributed by atoms with Crippen LogP contribution in [0.4, 0.5) is 5.69 Å². The molecule has 0 radical (unpaired) electrons. The van der Waals surface area contributed by atoms with Crippen LogP contribution in [0, 0.1) is 6.92 Å². The Balaban J connectivity index is 2.37. The summed E-state index contributed by atoms with van der Waals surface area (Å²) < 4.78 is 1.05. The van der Waals surface area contributed by atoms with Gasteiger partial charge in [-0.3, -0.25) is 0 Å². The van der Waals surface area contributed by atoms with Crippen molar-refractivity contribution in [2.45, 2.75) is 19.8 Å². The van der Waals surface area contributed by atoms with E-state index in [-0.39, 0.29) is 5.84 Å². The highest BCUT2D eigenvalue weighted by molar-refractivity contribution is 9.10. The van der Waals surface area contributed by atoms with Gasteiger partial charge in [-0.1, -0.05) is 11.2 Å². The minimum Gasteiger partial charge on any atom is -0.409 e. The second kappa shape index (κ2) is 6.37. The van der Waals surface area contributed by atoms with E-state index in [0.29, 0.717) is 6.42 Å². The summed E-state index contributed by atoms with van der Waals surface area (Å²) in [6.07, 6.45) is 1.42. The molecular weight excluding hydrogens is 270 g/mol. The zero-order valence-corrected chi connectivity index (χ0v) is 10.8. The number of aryl methyl sites for hydroxylation is 1. The van der Waals surface area contributed by atoms with Gasteiger partial charge in [0.25, 0.3) is 0 Å². The van der Waals surface area contributed by atoms with Gasteiger partial charge in [0.15, 0.2) is 0 Å². The molecule has 0 heterocycles. The standard InChI is InChI=1S/C11H16BrN3O/c1-8-4-5-10(9(12)7-8)14-6-2-3-11(13)15-16/h4-5,7,14,16H,2-3,6H2,1H3,(H2,13,15). The van der Waals surface area contributed by atoms with E-state index < -0.39 is 0 Å². The first-order chi connectivity index (χ1) is 7.63. The van der Waals surface area contributed by atoms with E-state index in [1.807, 2.05) is 13.0 Å². The highest BCUT2D eigenvalue weighted by Gasteiger charge is 1.99. The summed E-state index contributed by atoms with van der Waals surface area (Å²) in [5, 5.41) is 14.6. The topological polar surface area (TPSA) is 70.6 Å². The Kier molecular flexibility index (Phi) is 5.11. The van der Waals surface area contributed by atoms with Gasteiger partial charge in [0.05, 0.1) is 0 Å². The summed E-state index contributed by atoms with van der Waals surface area (Å²) in [6, 6.07) is 6.14. The predicted molar refractivity (Wildman–Crippen MR) is 70.0 cm³/mol. The molecule has 88 valence electrons. The van der Waals surface area contributed by atoms with Gasteiger partial charge >= 0.3 is 0 Å². The molecule has 0 saturated heterocycles. The average molecular weight is 286 g/mol. The normalized spacial score (nSPS) is 11.5.